The van der Waals surface area contributed by atoms with Gasteiger partial charge in [-0.25, -0.2) is 0 Å². The summed E-state index contributed by atoms with van der Waals surface area (Å²) in [5.41, 5.74) is 1.94. The maximum Gasteiger partial charge on any atom is 0.234 e. The average Bonchev–Trinajstić information content (AvgIpc) is 3.22. The Morgan fingerprint density at radius 2 is 1.96 bits per heavy atom. The minimum absolute atomic E-state index is 0.140. The van der Waals surface area contributed by atoms with Gasteiger partial charge in [0, 0.05) is 30.2 Å². The minimum Gasteiger partial charge on any atom is -0.339 e. The standard InChI is InChI=1S/C18H26N4O3/c1-11(2)17-20-15(24-22-17)10-9-14(23)19-18-12(3)16(21-25-18)13-7-5-4-6-8-13/h11,13H,4-10H2,1-3H3,(H,19,23). The molecule has 1 aliphatic carbocycles. The van der Waals surface area contributed by atoms with E-state index in [0.29, 0.717) is 29.9 Å². The van der Waals surface area contributed by atoms with E-state index in [-0.39, 0.29) is 18.2 Å². The predicted molar refractivity (Wildman–Crippen MR) is 92.4 cm³/mol. The summed E-state index contributed by atoms with van der Waals surface area (Å²) in [5.74, 6) is 2.13. The number of nitrogens with one attached hydrogen (secondary N) is 1. The molecule has 1 amide bonds. The molecule has 2 heterocycles. The number of carbonyl (C=O) groups is 1. The van der Waals surface area contributed by atoms with E-state index in [4.69, 9.17) is 9.05 Å². The number of hydrogen-bond donors (Lipinski definition) is 1. The Bertz CT molecular complexity index is 714. The van der Waals surface area contributed by atoms with Crippen molar-refractivity contribution in [1.82, 2.24) is 15.3 Å². The van der Waals surface area contributed by atoms with Crippen LogP contribution in [0.25, 0.3) is 0 Å². The zero-order valence-corrected chi connectivity index (χ0v) is 15.2. The van der Waals surface area contributed by atoms with E-state index in [2.05, 4.69) is 20.6 Å². The largest absolute Gasteiger partial charge is 0.339 e. The number of amides is 1. The lowest BCUT2D eigenvalue weighted by atomic mass is 9.86. The zero-order valence-electron chi connectivity index (χ0n) is 15.2. The molecule has 7 heteroatoms. The van der Waals surface area contributed by atoms with Crippen molar-refractivity contribution in [2.45, 2.75) is 77.6 Å². The molecule has 1 aliphatic rings. The molecule has 1 fully saturated rings. The van der Waals surface area contributed by atoms with E-state index in [0.717, 1.165) is 24.1 Å². The van der Waals surface area contributed by atoms with Crippen molar-refractivity contribution in [2.24, 2.45) is 0 Å². The van der Waals surface area contributed by atoms with Crippen LogP contribution >= 0.6 is 0 Å². The van der Waals surface area contributed by atoms with Gasteiger partial charge < -0.3 is 9.05 Å². The fourth-order valence-corrected chi connectivity index (χ4v) is 3.24. The summed E-state index contributed by atoms with van der Waals surface area (Å²) in [5, 5.41) is 10.9. The molecule has 0 atom stereocenters. The Morgan fingerprint density at radius 1 is 1.20 bits per heavy atom. The SMILES string of the molecule is Cc1c(C2CCCCC2)noc1NC(=O)CCc1nc(C(C)C)no1. The number of aryl methyl sites for hydroxylation is 1. The van der Waals surface area contributed by atoms with Crippen LogP contribution in [0.1, 0.15) is 87.2 Å². The normalized spacial score (nSPS) is 15.7. The molecule has 136 valence electrons. The van der Waals surface area contributed by atoms with E-state index in [1.807, 2.05) is 20.8 Å². The number of nitrogens with zero attached hydrogens (tertiary/aromatic N) is 3. The molecular formula is C18H26N4O3. The first-order valence-corrected chi connectivity index (χ1v) is 9.13. The fraction of sp³-hybridized carbons (Fsp3) is 0.667. The molecule has 2 aromatic heterocycles. The van der Waals surface area contributed by atoms with Crippen LogP contribution in [0, 0.1) is 6.92 Å². The maximum absolute atomic E-state index is 12.2. The van der Waals surface area contributed by atoms with Gasteiger partial charge in [-0.05, 0) is 19.8 Å². The predicted octanol–water partition coefficient (Wildman–Crippen LogP) is 4.11. The lowest BCUT2D eigenvalue weighted by Gasteiger charge is -2.19. The van der Waals surface area contributed by atoms with E-state index in [1.165, 1.54) is 19.3 Å². The minimum atomic E-state index is -0.140. The van der Waals surface area contributed by atoms with Gasteiger partial charge in [-0.3, -0.25) is 10.1 Å². The van der Waals surface area contributed by atoms with Crippen LogP contribution in [0.15, 0.2) is 9.05 Å². The van der Waals surface area contributed by atoms with E-state index >= 15 is 0 Å². The molecular weight excluding hydrogens is 320 g/mol. The third-order valence-corrected chi connectivity index (χ3v) is 4.77. The van der Waals surface area contributed by atoms with Gasteiger partial charge in [0.05, 0.1) is 5.69 Å². The summed E-state index contributed by atoms with van der Waals surface area (Å²) in [7, 11) is 0. The van der Waals surface area contributed by atoms with E-state index in [1.54, 1.807) is 0 Å². The van der Waals surface area contributed by atoms with Crippen molar-refractivity contribution in [1.29, 1.82) is 0 Å². The molecule has 25 heavy (non-hydrogen) atoms. The molecule has 0 aromatic carbocycles. The van der Waals surface area contributed by atoms with Gasteiger partial charge >= 0.3 is 0 Å². The molecule has 3 rings (SSSR count). The second kappa shape index (κ2) is 7.80. The monoisotopic (exact) mass is 346 g/mol. The first-order valence-electron chi connectivity index (χ1n) is 9.13. The van der Waals surface area contributed by atoms with Crippen LogP contribution in [-0.4, -0.2) is 21.2 Å². The van der Waals surface area contributed by atoms with Crippen molar-refractivity contribution < 1.29 is 13.8 Å². The summed E-state index contributed by atoms with van der Waals surface area (Å²) >= 11 is 0. The highest BCUT2D eigenvalue weighted by atomic mass is 16.5. The molecule has 7 nitrogen and oxygen atoms in total. The lowest BCUT2D eigenvalue weighted by Crippen LogP contribution is -2.13. The van der Waals surface area contributed by atoms with Crippen LogP contribution < -0.4 is 5.32 Å². The molecule has 1 saturated carbocycles. The van der Waals surface area contributed by atoms with Gasteiger partial charge in [0.1, 0.15) is 0 Å². The zero-order chi connectivity index (χ0) is 17.8. The molecule has 0 bridgehead atoms. The highest BCUT2D eigenvalue weighted by Crippen LogP contribution is 2.35. The third kappa shape index (κ3) is 4.27. The van der Waals surface area contributed by atoms with Gasteiger partial charge in [0.15, 0.2) is 5.82 Å². The summed E-state index contributed by atoms with van der Waals surface area (Å²) in [6, 6.07) is 0. The van der Waals surface area contributed by atoms with Crippen LogP contribution in [0.2, 0.25) is 0 Å². The number of aromatic nitrogens is 3. The average molecular weight is 346 g/mol. The van der Waals surface area contributed by atoms with Gasteiger partial charge in [-0.2, -0.15) is 4.98 Å². The molecule has 0 radical (unpaired) electrons. The highest BCUT2D eigenvalue weighted by Gasteiger charge is 2.24. The van der Waals surface area contributed by atoms with Crippen molar-refractivity contribution >= 4 is 11.8 Å². The number of rotatable bonds is 6. The van der Waals surface area contributed by atoms with Crippen LogP contribution in [0.5, 0.6) is 0 Å². The fourth-order valence-electron chi connectivity index (χ4n) is 3.24. The van der Waals surface area contributed by atoms with Crippen molar-refractivity contribution in [2.75, 3.05) is 5.32 Å². The van der Waals surface area contributed by atoms with Crippen LogP contribution in [-0.2, 0) is 11.2 Å². The Hall–Kier alpha value is -2.18. The van der Waals surface area contributed by atoms with Crippen molar-refractivity contribution in [3.63, 3.8) is 0 Å². The van der Waals surface area contributed by atoms with Crippen molar-refractivity contribution in [3.8, 4) is 0 Å². The summed E-state index contributed by atoms with van der Waals surface area (Å²) in [6.45, 7) is 5.96. The molecule has 2 aromatic rings. The van der Waals surface area contributed by atoms with Crippen molar-refractivity contribution in [3.05, 3.63) is 23.0 Å². The maximum atomic E-state index is 12.2. The number of anilines is 1. The third-order valence-electron chi connectivity index (χ3n) is 4.77. The molecule has 0 saturated heterocycles. The van der Waals surface area contributed by atoms with Gasteiger partial charge in [-0.1, -0.05) is 43.4 Å². The van der Waals surface area contributed by atoms with Crippen LogP contribution in [0.3, 0.4) is 0 Å². The number of carbonyl (C=O) groups excluding carboxylic acids is 1. The van der Waals surface area contributed by atoms with Gasteiger partial charge in [-0.15, -0.1) is 0 Å². The Morgan fingerprint density at radius 3 is 2.64 bits per heavy atom. The topological polar surface area (TPSA) is 94.1 Å². The van der Waals surface area contributed by atoms with Gasteiger partial charge in [0.25, 0.3) is 0 Å². The summed E-state index contributed by atoms with van der Waals surface area (Å²) < 4.78 is 10.5. The second-order valence-electron chi connectivity index (χ2n) is 7.11. The van der Waals surface area contributed by atoms with Crippen LogP contribution in [0.4, 0.5) is 5.88 Å². The molecule has 1 N–H and O–H groups in total. The highest BCUT2D eigenvalue weighted by molar-refractivity contribution is 5.90. The van der Waals surface area contributed by atoms with Gasteiger partial charge in [0.2, 0.25) is 17.7 Å². The Kier molecular flexibility index (Phi) is 5.50. The summed E-state index contributed by atoms with van der Waals surface area (Å²) in [4.78, 5) is 16.5. The molecule has 0 unspecified atom stereocenters. The first-order chi connectivity index (χ1) is 12.0. The summed E-state index contributed by atoms with van der Waals surface area (Å²) in [6.07, 6.45) is 6.74. The quantitative estimate of drug-likeness (QED) is 0.846. The van der Waals surface area contributed by atoms with E-state index in [9.17, 15) is 4.79 Å². The Labute approximate surface area is 147 Å². The Balaban J connectivity index is 1.54. The van der Waals surface area contributed by atoms with E-state index < -0.39 is 0 Å². The second-order valence-corrected chi connectivity index (χ2v) is 7.11. The lowest BCUT2D eigenvalue weighted by molar-refractivity contribution is -0.116. The molecule has 0 spiro atoms. The number of hydrogen-bond acceptors (Lipinski definition) is 6. The molecule has 0 aliphatic heterocycles. The first kappa shape index (κ1) is 17.6. The smallest absolute Gasteiger partial charge is 0.234 e.